The molecule has 2 aromatic rings. The molecule has 0 aliphatic rings. The highest BCUT2D eigenvalue weighted by molar-refractivity contribution is 5.67. The van der Waals surface area contributed by atoms with E-state index in [-0.39, 0.29) is 6.42 Å². The molecule has 78 valence electrons. The SMILES string of the molecule is Cc1ccn2c(CCC(=O)O)ncc2c1. The molecular weight excluding hydrogens is 192 g/mol. The van der Waals surface area contributed by atoms with Gasteiger partial charge in [-0.1, -0.05) is 0 Å². The van der Waals surface area contributed by atoms with Crippen molar-refractivity contribution in [2.75, 3.05) is 0 Å². The Morgan fingerprint density at radius 3 is 3.13 bits per heavy atom. The van der Waals surface area contributed by atoms with Crippen LogP contribution in [0.2, 0.25) is 0 Å². The topological polar surface area (TPSA) is 54.6 Å². The highest BCUT2D eigenvalue weighted by Crippen LogP contribution is 2.10. The number of rotatable bonds is 3. The summed E-state index contributed by atoms with van der Waals surface area (Å²) in [6.45, 7) is 2.02. The molecular formula is C11H12N2O2. The summed E-state index contributed by atoms with van der Waals surface area (Å²) in [5.74, 6) is 0.00580. The van der Waals surface area contributed by atoms with Crippen LogP contribution in [0.4, 0.5) is 0 Å². The lowest BCUT2D eigenvalue weighted by Crippen LogP contribution is -2.01. The molecule has 0 aliphatic carbocycles. The van der Waals surface area contributed by atoms with Crippen LogP contribution in [0.3, 0.4) is 0 Å². The number of pyridine rings is 1. The van der Waals surface area contributed by atoms with E-state index in [9.17, 15) is 4.79 Å². The van der Waals surface area contributed by atoms with Crippen molar-refractivity contribution in [2.24, 2.45) is 0 Å². The lowest BCUT2D eigenvalue weighted by molar-refractivity contribution is -0.137. The standard InChI is InChI=1S/C11H12N2O2/c1-8-4-5-13-9(6-8)7-12-10(13)2-3-11(14)15/h4-7H,2-3H2,1H3,(H,14,15). The lowest BCUT2D eigenvalue weighted by atomic mass is 10.2. The van der Waals surface area contributed by atoms with E-state index in [0.29, 0.717) is 6.42 Å². The molecule has 0 unspecified atom stereocenters. The summed E-state index contributed by atoms with van der Waals surface area (Å²) >= 11 is 0. The van der Waals surface area contributed by atoms with E-state index in [2.05, 4.69) is 4.98 Å². The number of fused-ring (bicyclic) bond motifs is 1. The first kappa shape index (κ1) is 9.71. The second kappa shape index (κ2) is 3.73. The van der Waals surface area contributed by atoms with Crippen LogP contribution in [0.1, 0.15) is 17.8 Å². The van der Waals surface area contributed by atoms with Crippen molar-refractivity contribution >= 4 is 11.5 Å². The van der Waals surface area contributed by atoms with Crippen LogP contribution in [0.5, 0.6) is 0 Å². The molecule has 0 amide bonds. The Balaban J connectivity index is 2.32. The molecule has 2 heterocycles. The number of carboxylic acid groups (broad SMARTS) is 1. The van der Waals surface area contributed by atoms with Gasteiger partial charge in [0.05, 0.1) is 18.1 Å². The van der Waals surface area contributed by atoms with Gasteiger partial charge in [-0.15, -0.1) is 0 Å². The molecule has 0 atom stereocenters. The van der Waals surface area contributed by atoms with Crippen molar-refractivity contribution in [3.63, 3.8) is 0 Å². The Labute approximate surface area is 87.2 Å². The first-order valence-corrected chi connectivity index (χ1v) is 4.81. The zero-order valence-corrected chi connectivity index (χ0v) is 8.47. The molecule has 4 heteroatoms. The summed E-state index contributed by atoms with van der Waals surface area (Å²) in [5.41, 5.74) is 2.18. The average Bonchev–Trinajstić information content (AvgIpc) is 2.57. The number of hydrogen-bond acceptors (Lipinski definition) is 2. The third-order valence-electron chi connectivity index (χ3n) is 2.33. The number of imidazole rings is 1. The number of nitrogens with zero attached hydrogens (tertiary/aromatic N) is 2. The normalized spacial score (nSPS) is 10.7. The molecule has 0 aromatic carbocycles. The largest absolute Gasteiger partial charge is 0.481 e. The van der Waals surface area contributed by atoms with E-state index in [0.717, 1.165) is 11.3 Å². The van der Waals surface area contributed by atoms with Crippen LogP contribution in [0.25, 0.3) is 5.52 Å². The molecule has 0 aliphatic heterocycles. The molecule has 0 radical (unpaired) electrons. The van der Waals surface area contributed by atoms with E-state index >= 15 is 0 Å². The second-order valence-corrected chi connectivity index (χ2v) is 3.57. The van der Waals surface area contributed by atoms with Gasteiger partial charge in [0, 0.05) is 12.6 Å². The van der Waals surface area contributed by atoms with Crippen molar-refractivity contribution in [2.45, 2.75) is 19.8 Å². The number of hydrogen-bond donors (Lipinski definition) is 1. The Kier molecular flexibility index (Phi) is 2.41. The minimum atomic E-state index is -0.793. The van der Waals surface area contributed by atoms with Crippen molar-refractivity contribution in [3.8, 4) is 0 Å². The van der Waals surface area contributed by atoms with E-state index in [1.165, 1.54) is 5.56 Å². The van der Waals surface area contributed by atoms with Crippen LogP contribution in [-0.4, -0.2) is 20.5 Å². The zero-order chi connectivity index (χ0) is 10.8. The maximum absolute atomic E-state index is 10.4. The highest BCUT2D eigenvalue weighted by atomic mass is 16.4. The van der Waals surface area contributed by atoms with E-state index in [1.807, 2.05) is 29.7 Å². The van der Waals surface area contributed by atoms with Crippen LogP contribution in [0, 0.1) is 6.92 Å². The van der Waals surface area contributed by atoms with Gasteiger partial charge in [0.15, 0.2) is 0 Å². The highest BCUT2D eigenvalue weighted by Gasteiger charge is 2.05. The monoisotopic (exact) mass is 204 g/mol. The summed E-state index contributed by atoms with van der Waals surface area (Å²) < 4.78 is 1.93. The first-order chi connectivity index (χ1) is 7.16. The summed E-state index contributed by atoms with van der Waals surface area (Å²) in [6.07, 6.45) is 4.28. The average molecular weight is 204 g/mol. The molecule has 0 spiro atoms. The molecule has 4 nitrogen and oxygen atoms in total. The predicted octanol–water partition coefficient (Wildman–Crippen LogP) is 1.66. The van der Waals surface area contributed by atoms with Gasteiger partial charge in [0.25, 0.3) is 0 Å². The third-order valence-corrected chi connectivity index (χ3v) is 2.33. The van der Waals surface area contributed by atoms with Crippen molar-refractivity contribution < 1.29 is 9.90 Å². The quantitative estimate of drug-likeness (QED) is 0.827. The fourth-order valence-corrected chi connectivity index (χ4v) is 1.57. The summed E-state index contributed by atoms with van der Waals surface area (Å²) in [4.78, 5) is 14.7. The van der Waals surface area contributed by atoms with E-state index in [1.54, 1.807) is 6.20 Å². The van der Waals surface area contributed by atoms with Crippen LogP contribution in [-0.2, 0) is 11.2 Å². The van der Waals surface area contributed by atoms with Crippen LogP contribution < -0.4 is 0 Å². The Hall–Kier alpha value is -1.84. The van der Waals surface area contributed by atoms with Crippen LogP contribution >= 0.6 is 0 Å². The van der Waals surface area contributed by atoms with Gasteiger partial charge < -0.3 is 9.51 Å². The Bertz CT molecular complexity index is 502. The second-order valence-electron chi connectivity index (χ2n) is 3.57. The van der Waals surface area contributed by atoms with Gasteiger partial charge in [0.2, 0.25) is 0 Å². The number of aromatic nitrogens is 2. The number of carboxylic acids is 1. The summed E-state index contributed by atoms with van der Waals surface area (Å²) in [7, 11) is 0. The van der Waals surface area contributed by atoms with E-state index < -0.39 is 5.97 Å². The summed E-state index contributed by atoms with van der Waals surface area (Å²) in [6, 6.07) is 4.01. The van der Waals surface area contributed by atoms with Gasteiger partial charge in [-0.2, -0.15) is 0 Å². The molecule has 0 fully saturated rings. The van der Waals surface area contributed by atoms with Gasteiger partial charge in [-0.3, -0.25) is 4.79 Å². The van der Waals surface area contributed by atoms with E-state index in [4.69, 9.17) is 5.11 Å². The number of aryl methyl sites for hydroxylation is 2. The Morgan fingerprint density at radius 1 is 1.60 bits per heavy atom. The minimum absolute atomic E-state index is 0.118. The van der Waals surface area contributed by atoms with Crippen molar-refractivity contribution in [1.29, 1.82) is 0 Å². The van der Waals surface area contributed by atoms with Gasteiger partial charge in [-0.05, 0) is 24.6 Å². The Morgan fingerprint density at radius 2 is 2.40 bits per heavy atom. The van der Waals surface area contributed by atoms with Crippen LogP contribution in [0.15, 0.2) is 24.5 Å². The first-order valence-electron chi connectivity index (χ1n) is 4.81. The van der Waals surface area contributed by atoms with Gasteiger partial charge in [0.1, 0.15) is 5.82 Å². The molecule has 0 bridgehead atoms. The summed E-state index contributed by atoms with van der Waals surface area (Å²) in [5, 5.41) is 8.59. The molecule has 2 aromatic heterocycles. The van der Waals surface area contributed by atoms with Crippen molar-refractivity contribution in [1.82, 2.24) is 9.38 Å². The fourth-order valence-electron chi connectivity index (χ4n) is 1.57. The fraction of sp³-hybridized carbons (Fsp3) is 0.273. The third kappa shape index (κ3) is 1.98. The molecule has 0 saturated carbocycles. The maximum Gasteiger partial charge on any atom is 0.303 e. The molecule has 2 rings (SSSR count). The van der Waals surface area contributed by atoms with Gasteiger partial charge >= 0.3 is 5.97 Å². The van der Waals surface area contributed by atoms with Crippen molar-refractivity contribution in [3.05, 3.63) is 35.9 Å². The minimum Gasteiger partial charge on any atom is -0.481 e. The molecule has 1 N–H and O–H groups in total. The van der Waals surface area contributed by atoms with Gasteiger partial charge in [-0.25, -0.2) is 4.98 Å². The maximum atomic E-state index is 10.4. The lowest BCUT2D eigenvalue weighted by Gasteiger charge is -2.00. The molecule has 0 saturated heterocycles. The molecule has 15 heavy (non-hydrogen) atoms. The number of carbonyl (C=O) groups is 1. The number of aliphatic carboxylic acids is 1. The zero-order valence-electron chi connectivity index (χ0n) is 8.47. The smallest absolute Gasteiger partial charge is 0.303 e. The predicted molar refractivity (Wildman–Crippen MR) is 55.9 cm³/mol.